The minimum absolute atomic E-state index is 0.192. The lowest BCUT2D eigenvalue weighted by atomic mass is 10.1. The molecule has 1 rings (SSSR count). The molecule has 0 aliphatic carbocycles. The summed E-state index contributed by atoms with van der Waals surface area (Å²) in [4.78, 5) is 0. The molecule has 1 aromatic rings. The second-order valence-corrected chi connectivity index (χ2v) is 3.27. The molecule has 0 amide bonds. The summed E-state index contributed by atoms with van der Waals surface area (Å²) in [6.07, 6.45) is 0. The topological polar surface area (TPSA) is 61.3 Å². The fraction of sp³-hybridized carbons (Fsp3) is 0.333. The Kier molecular flexibility index (Phi) is 3.54. The van der Waals surface area contributed by atoms with Crippen molar-refractivity contribution in [2.75, 3.05) is 19.5 Å². The van der Waals surface area contributed by atoms with Crippen LogP contribution in [0.1, 0.15) is 11.6 Å². The highest BCUT2D eigenvalue weighted by molar-refractivity contribution is 6.30. The predicted octanol–water partition coefficient (Wildman–Crippen LogP) is 1.57. The van der Waals surface area contributed by atoms with Gasteiger partial charge in [-0.3, -0.25) is 0 Å². The van der Waals surface area contributed by atoms with Crippen molar-refractivity contribution in [1.82, 2.24) is 0 Å². The van der Waals surface area contributed by atoms with Crippen molar-refractivity contribution >= 4 is 17.3 Å². The van der Waals surface area contributed by atoms with E-state index in [1.54, 1.807) is 19.2 Å². The molecular weight excluding hydrogens is 188 g/mol. The van der Waals surface area contributed by atoms with Gasteiger partial charge in [-0.2, -0.15) is 0 Å². The van der Waals surface area contributed by atoms with Crippen molar-refractivity contribution in [2.45, 2.75) is 6.04 Å². The first-order valence-electron chi connectivity index (χ1n) is 3.94. The SMILES string of the molecule is COC[C@H](N)c1ccc(Cl)cc1N. The molecule has 0 radical (unpaired) electrons. The molecule has 0 spiro atoms. The van der Waals surface area contributed by atoms with Crippen LogP contribution in [0.5, 0.6) is 0 Å². The van der Waals surface area contributed by atoms with E-state index in [2.05, 4.69) is 0 Å². The molecule has 0 aliphatic heterocycles. The van der Waals surface area contributed by atoms with Gasteiger partial charge >= 0.3 is 0 Å². The highest BCUT2D eigenvalue weighted by Crippen LogP contribution is 2.22. The van der Waals surface area contributed by atoms with E-state index in [9.17, 15) is 0 Å². The Morgan fingerprint density at radius 3 is 2.77 bits per heavy atom. The quantitative estimate of drug-likeness (QED) is 0.729. The average molecular weight is 201 g/mol. The molecule has 72 valence electrons. The molecule has 1 atom stereocenters. The molecular formula is C9H13ClN2O. The summed E-state index contributed by atoms with van der Waals surface area (Å²) in [6, 6.07) is 5.08. The van der Waals surface area contributed by atoms with Gasteiger partial charge in [-0.25, -0.2) is 0 Å². The smallest absolute Gasteiger partial charge is 0.0656 e. The minimum atomic E-state index is -0.192. The second kappa shape index (κ2) is 4.46. The van der Waals surface area contributed by atoms with E-state index in [1.807, 2.05) is 6.07 Å². The summed E-state index contributed by atoms with van der Waals surface area (Å²) < 4.78 is 4.93. The molecule has 0 saturated carbocycles. The molecule has 0 heterocycles. The van der Waals surface area contributed by atoms with Crippen LogP contribution in [0.25, 0.3) is 0 Å². The van der Waals surface area contributed by atoms with Crippen LogP contribution in [0.4, 0.5) is 5.69 Å². The first kappa shape index (κ1) is 10.3. The number of hydrogen-bond acceptors (Lipinski definition) is 3. The van der Waals surface area contributed by atoms with Crippen molar-refractivity contribution in [3.63, 3.8) is 0 Å². The van der Waals surface area contributed by atoms with Crippen molar-refractivity contribution in [3.05, 3.63) is 28.8 Å². The first-order chi connectivity index (χ1) is 6.15. The second-order valence-electron chi connectivity index (χ2n) is 2.84. The molecule has 0 saturated heterocycles. The zero-order valence-corrected chi connectivity index (χ0v) is 8.21. The van der Waals surface area contributed by atoms with Crippen LogP contribution in [0.2, 0.25) is 5.02 Å². The summed E-state index contributed by atoms with van der Waals surface area (Å²) in [5, 5.41) is 0.617. The molecule has 0 aromatic heterocycles. The van der Waals surface area contributed by atoms with Gasteiger partial charge in [0.1, 0.15) is 0 Å². The van der Waals surface area contributed by atoms with E-state index in [0.29, 0.717) is 17.3 Å². The normalized spacial score (nSPS) is 12.8. The molecule has 4 heteroatoms. The van der Waals surface area contributed by atoms with Crippen LogP contribution in [-0.2, 0) is 4.74 Å². The van der Waals surface area contributed by atoms with Gasteiger partial charge in [0.25, 0.3) is 0 Å². The van der Waals surface area contributed by atoms with E-state index < -0.39 is 0 Å². The molecule has 1 aromatic carbocycles. The van der Waals surface area contributed by atoms with E-state index >= 15 is 0 Å². The molecule has 13 heavy (non-hydrogen) atoms. The van der Waals surface area contributed by atoms with Crippen molar-refractivity contribution in [2.24, 2.45) is 5.73 Å². The maximum atomic E-state index is 5.81. The molecule has 3 nitrogen and oxygen atoms in total. The number of nitrogens with two attached hydrogens (primary N) is 2. The van der Waals surface area contributed by atoms with Gasteiger partial charge in [0, 0.05) is 17.8 Å². The Morgan fingerprint density at radius 2 is 2.23 bits per heavy atom. The Balaban J connectivity index is 2.88. The van der Waals surface area contributed by atoms with E-state index in [0.717, 1.165) is 5.56 Å². The van der Waals surface area contributed by atoms with Crippen LogP contribution in [0.15, 0.2) is 18.2 Å². The van der Waals surface area contributed by atoms with Crippen LogP contribution < -0.4 is 11.5 Å². The average Bonchev–Trinajstić information content (AvgIpc) is 2.04. The number of rotatable bonds is 3. The summed E-state index contributed by atoms with van der Waals surface area (Å²) in [6.45, 7) is 0.450. The standard InChI is InChI=1S/C9H13ClN2O/c1-13-5-9(12)7-3-2-6(10)4-8(7)11/h2-4,9H,5,11-12H2,1H3/t9-/m0/s1. The summed E-state index contributed by atoms with van der Waals surface area (Å²) in [5.41, 5.74) is 13.0. The van der Waals surface area contributed by atoms with Crippen molar-refractivity contribution in [3.8, 4) is 0 Å². The van der Waals surface area contributed by atoms with Crippen LogP contribution in [0.3, 0.4) is 0 Å². The van der Waals surface area contributed by atoms with E-state index in [-0.39, 0.29) is 6.04 Å². The Morgan fingerprint density at radius 1 is 1.54 bits per heavy atom. The van der Waals surface area contributed by atoms with Gasteiger partial charge in [-0.1, -0.05) is 17.7 Å². The Hall–Kier alpha value is -0.770. The summed E-state index contributed by atoms with van der Waals surface area (Å²) >= 11 is 5.75. The maximum Gasteiger partial charge on any atom is 0.0656 e. The third-order valence-electron chi connectivity index (χ3n) is 1.79. The lowest BCUT2D eigenvalue weighted by molar-refractivity contribution is 0.181. The van der Waals surface area contributed by atoms with E-state index in [1.165, 1.54) is 0 Å². The lowest BCUT2D eigenvalue weighted by Crippen LogP contribution is -2.17. The molecule has 0 bridgehead atoms. The van der Waals surface area contributed by atoms with Crippen molar-refractivity contribution < 1.29 is 4.74 Å². The number of anilines is 1. The molecule has 0 aliphatic rings. The lowest BCUT2D eigenvalue weighted by Gasteiger charge is -2.13. The van der Waals surface area contributed by atoms with Crippen LogP contribution in [0, 0.1) is 0 Å². The third kappa shape index (κ3) is 2.59. The number of halogens is 1. The summed E-state index contributed by atoms with van der Waals surface area (Å²) in [5.74, 6) is 0. The van der Waals surface area contributed by atoms with Gasteiger partial charge < -0.3 is 16.2 Å². The number of benzene rings is 1. The maximum absolute atomic E-state index is 5.81. The van der Waals surface area contributed by atoms with Crippen molar-refractivity contribution in [1.29, 1.82) is 0 Å². The fourth-order valence-electron chi connectivity index (χ4n) is 1.15. The monoisotopic (exact) mass is 200 g/mol. The van der Waals surface area contributed by atoms with Gasteiger partial charge in [0.05, 0.1) is 12.6 Å². The van der Waals surface area contributed by atoms with Gasteiger partial charge in [0.15, 0.2) is 0 Å². The zero-order chi connectivity index (χ0) is 9.84. The van der Waals surface area contributed by atoms with Gasteiger partial charge in [-0.15, -0.1) is 0 Å². The van der Waals surface area contributed by atoms with Gasteiger partial charge in [0.2, 0.25) is 0 Å². The molecule has 0 unspecified atom stereocenters. The number of hydrogen-bond donors (Lipinski definition) is 2. The summed E-state index contributed by atoms with van der Waals surface area (Å²) in [7, 11) is 1.60. The minimum Gasteiger partial charge on any atom is -0.398 e. The van der Waals surface area contributed by atoms with Crippen LogP contribution >= 0.6 is 11.6 Å². The zero-order valence-electron chi connectivity index (χ0n) is 7.46. The number of ether oxygens (including phenoxy) is 1. The number of nitrogen functional groups attached to an aromatic ring is 1. The highest BCUT2D eigenvalue weighted by Gasteiger charge is 2.08. The first-order valence-corrected chi connectivity index (χ1v) is 4.32. The fourth-order valence-corrected chi connectivity index (χ4v) is 1.33. The molecule has 4 N–H and O–H groups in total. The predicted molar refractivity (Wildman–Crippen MR) is 54.7 cm³/mol. The van der Waals surface area contributed by atoms with Crippen LogP contribution in [-0.4, -0.2) is 13.7 Å². The number of methoxy groups -OCH3 is 1. The van der Waals surface area contributed by atoms with Gasteiger partial charge in [-0.05, 0) is 17.7 Å². The van der Waals surface area contributed by atoms with E-state index in [4.69, 9.17) is 27.8 Å². The Bertz CT molecular complexity index is 291. The third-order valence-corrected chi connectivity index (χ3v) is 2.03. The highest BCUT2D eigenvalue weighted by atomic mass is 35.5. The molecule has 0 fully saturated rings. The Labute approximate surface area is 82.6 Å². The largest absolute Gasteiger partial charge is 0.398 e.